The Morgan fingerprint density at radius 1 is 1.26 bits per heavy atom. The summed E-state index contributed by atoms with van der Waals surface area (Å²) in [7, 11) is -0.475. The van der Waals surface area contributed by atoms with Crippen molar-refractivity contribution in [2.75, 3.05) is 0 Å². The number of allylic oxidation sites excluding steroid dienone is 3. The standard InChI is InChI=1S/C19H29BO3/c1-8-11-13-15(10-3)17(21)16(12-9-2)14-20-22-18(4,5)19(6,7)23-20/h3,8,11,13-14,17,21H,9,12H2,1-2,4-7H3/b11-8-,15-13+,16-14+. The summed E-state index contributed by atoms with van der Waals surface area (Å²) in [4.78, 5) is 0. The van der Waals surface area contributed by atoms with Crippen molar-refractivity contribution in [3.8, 4) is 12.3 Å². The fraction of sp³-hybridized carbons (Fsp3) is 0.579. The molecule has 0 aromatic rings. The molecular formula is C19H29BO3. The van der Waals surface area contributed by atoms with Crippen LogP contribution in [-0.4, -0.2) is 29.5 Å². The summed E-state index contributed by atoms with van der Waals surface area (Å²) >= 11 is 0. The van der Waals surface area contributed by atoms with Crippen molar-refractivity contribution in [1.82, 2.24) is 0 Å². The van der Waals surface area contributed by atoms with Crippen LogP contribution < -0.4 is 0 Å². The molecule has 126 valence electrons. The van der Waals surface area contributed by atoms with Gasteiger partial charge in [-0.1, -0.05) is 37.4 Å². The van der Waals surface area contributed by atoms with E-state index in [1.807, 2.05) is 52.7 Å². The second kappa shape index (κ2) is 8.01. The minimum atomic E-state index is -0.810. The highest BCUT2D eigenvalue weighted by Crippen LogP contribution is 2.37. The molecule has 1 saturated heterocycles. The van der Waals surface area contributed by atoms with Gasteiger partial charge >= 0.3 is 7.12 Å². The van der Waals surface area contributed by atoms with Gasteiger partial charge in [-0.15, -0.1) is 6.42 Å². The summed E-state index contributed by atoms with van der Waals surface area (Å²) in [5.74, 6) is 4.44. The SMILES string of the molecule is C#C/C(=C\C=C/C)C(O)/C(=C/B1OC(C)(C)C(C)(C)O1)CCC. The molecule has 1 N–H and O–H groups in total. The first-order valence-electron chi connectivity index (χ1n) is 8.22. The van der Waals surface area contributed by atoms with Crippen LogP contribution in [0.4, 0.5) is 0 Å². The van der Waals surface area contributed by atoms with Crippen molar-refractivity contribution in [2.45, 2.75) is 71.7 Å². The van der Waals surface area contributed by atoms with Crippen LogP contribution in [0.15, 0.2) is 35.3 Å². The number of rotatable bonds is 6. The van der Waals surface area contributed by atoms with Gasteiger partial charge in [0.05, 0.1) is 11.2 Å². The zero-order chi connectivity index (χ0) is 17.7. The third-order valence-electron chi connectivity index (χ3n) is 4.44. The van der Waals surface area contributed by atoms with Gasteiger partial charge in [-0.25, -0.2) is 0 Å². The molecule has 3 nitrogen and oxygen atoms in total. The Hall–Kier alpha value is -1.28. The lowest BCUT2D eigenvalue weighted by atomic mass is 9.82. The highest BCUT2D eigenvalue weighted by molar-refractivity contribution is 6.51. The number of aliphatic hydroxyl groups is 1. The molecule has 0 amide bonds. The van der Waals surface area contributed by atoms with E-state index >= 15 is 0 Å². The van der Waals surface area contributed by atoms with E-state index in [1.54, 1.807) is 6.08 Å². The molecule has 0 saturated carbocycles. The molecule has 0 spiro atoms. The molecule has 0 bridgehead atoms. The van der Waals surface area contributed by atoms with E-state index in [9.17, 15) is 5.11 Å². The second-order valence-electron chi connectivity index (χ2n) is 6.81. The molecule has 1 aliphatic heterocycles. The van der Waals surface area contributed by atoms with E-state index < -0.39 is 24.4 Å². The summed E-state index contributed by atoms with van der Waals surface area (Å²) in [5.41, 5.74) is 0.581. The Morgan fingerprint density at radius 2 is 1.83 bits per heavy atom. The molecule has 1 unspecified atom stereocenters. The Kier molecular flexibility index (Phi) is 6.89. The number of hydrogen-bond acceptors (Lipinski definition) is 3. The minimum Gasteiger partial charge on any atom is -0.400 e. The van der Waals surface area contributed by atoms with Gasteiger partial charge < -0.3 is 14.4 Å². The van der Waals surface area contributed by atoms with Crippen LogP contribution in [0.5, 0.6) is 0 Å². The smallest absolute Gasteiger partial charge is 0.400 e. The molecule has 0 aromatic heterocycles. The van der Waals surface area contributed by atoms with Gasteiger partial charge in [-0.3, -0.25) is 0 Å². The quantitative estimate of drug-likeness (QED) is 0.460. The highest BCUT2D eigenvalue weighted by Gasteiger charge is 2.50. The molecule has 23 heavy (non-hydrogen) atoms. The van der Waals surface area contributed by atoms with E-state index in [-0.39, 0.29) is 0 Å². The lowest BCUT2D eigenvalue weighted by molar-refractivity contribution is 0.00578. The Bertz CT molecular complexity index is 519. The number of aliphatic hydroxyl groups excluding tert-OH is 1. The molecule has 1 heterocycles. The van der Waals surface area contributed by atoms with Gasteiger partial charge in [0, 0.05) is 5.57 Å². The summed E-state index contributed by atoms with van der Waals surface area (Å²) in [6.45, 7) is 12.0. The summed E-state index contributed by atoms with van der Waals surface area (Å²) in [5, 5.41) is 10.6. The van der Waals surface area contributed by atoms with E-state index in [0.717, 1.165) is 18.4 Å². The maximum atomic E-state index is 10.6. The van der Waals surface area contributed by atoms with Gasteiger partial charge in [0.15, 0.2) is 0 Å². The zero-order valence-electron chi connectivity index (χ0n) is 15.2. The van der Waals surface area contributed by atoms with Crippen molar-refractivity contribution in [3.05, 3.63) is 35.3 Å². The maximum Gasteiger partial charge on any atom is 0.487 e. The van der Waals surface area contributed by atoms with Crippen LogP contribution in [0.25, 0.3) is 0 Å². The number of terminal acetylenes is 1. The van der Waals surface area contributed by atoms with Gasteiger partial charge in [0.25, 0.3) is 0 Å². The Labute approximate surface area is 141 Å². The first-order chi connectivity index (χ1) is 10.7. The van der Waals surface area contributed by atoms with Crippen molar-refractivity contribution >= 4 is 7.12 Å². The number of hydrogen-bond donors (Lipinski definition) is 1. The molecule has 1 rings (SSSR count). The lowest BCUT2D eigenvalue weighted by Gasteiger charge is -2.32. The molecule has 1 aliphatic rings. The average molecular weight is 316 g/mol. The van der Waals surface area contributed by atoms with Gasteiger partial charge in [0.1, 0.15) is 6.10 Å². The van der Waals surface area contributed by atoms with Crippen LogP contribution in [-0.2, 0) is 9.31 Å². The van der Waals surface area contributed by atoms with Crippen molar-refractivity contribution in [1.29, 1.82) is 0 Å². The van der Waals surface area contributed by atoms with Crippen LogP contribution in [0.3, 0.4) is 0 Å². The summed E-state index contributed by atoms with van der Waals surface area (Å²) in [6, 6.07) is 0. The monoisotopic (exact) mass is 316 g/mol. The Balaban J connectivity index is 3.05. The fourth-order valence-electron chi connectivity index (χ4n) is 2.35. The second-order valence-corrected chi connectivity index (χ2v) is 6.81. The molecular weight excluding hydrogens is 287 g/mol. The normalized spacial score (nSPS) is 22.4. The topological polar surface area (TPSA) is 38.7 Å². The van der Waals surface area contributed by atoms with Gasteiger partial charge in [-0.05, 0) is 52.7 Å². The molecule has 0 radical (unpaired) electrons. The molecule has 0 aliphatic carbocycles. The molecule has 4 heteroatoms. The summed E-state index contributed by atoms with van der Waals surface area (Å²) < 4.78 is 12.0. The largest absolute Gasteiger partial charge is 0.487 e. The van der Waals surface area contributed by atoms with E-state index in [0.29, 0.717) is 5.57 Å². The van der Waals surface area contributed by atoms with Crippen LogP contribution in [0.1, 0.15) is 54.4 Å². The minimum absolute atomic E-state index is 0.397. The van der Waals surface area contributed by atoms with Crippen LogP contribution in [0.2, 0.25) is 0 Å². The average Bonchev–Trinajstić information content (AvgIpc) is 2.66. The van der Waals surface area contributed by atoms with Gasteiger partial charge in [-0.2, -0.15) is 0 Å². The van der Waals surface area contributed by atoms with Crippen LogP contribution >= 0.6 is 0 Å². The highest BCUT2D eigenvalue weighted by atomic mass is 16.7. The predicted octanol–water partition coefficient (Wildman–Crippen LogP) is 3.84. The third-order valence-corrected chi connectivity index (χ3v) is 4.44. The Morgan fingerprint density at radius 3 is 2.26 bits per heavy atom. The zero-order valence-corrected chi connectivity index (χ0v) is 15.2. The van der Waals surface area contributed by atoms with Crippen molar-refractivity contribution in [3.63, 3.8) is 0 Å². The molecule has 1 fully saturated rings. The van der Waals surface area contributed by atoms with Crippen molar-refractivity contribution in [2.24, 2.45) is 0 Å². The summed E-state index contributed by atoms with van der Waals surface area (Å²) in [6.07, 6.45) is 11.8. The fourth-order valence-corrected chi connectivity index (χ4v) is 2.35. The molecule has 0 aromatic carbocycles. The third kappa shape index (κ3) is 4.85. The van der Waals surface area contributed by atoms with Gasteiger partial charge in [0.2, 0.25) is 0 Å². The van der Waals surface area contributed by atoms with Crippen LogP contribution in [0, 0.1) is 12.3 Å². The molecule has 1 atom stereocenters. The predicted molar refractivity (Wildman–Crippen MR) is 96.8 cm³/mol. The van der Waals surface area contributed by atoms with E-state index in [2.05, 4.69) is 12.8 Å². The first-order valence-corrected chi connectivity index (χ1v) is 8.22. The first kappa shape index (κ1) is 19.8. The maximum absolute atomic E-state index is 10.6. The lowest BCUT2D eigenvalue weighted by Crippen LogP contribution is -2.41. The van der Waals surface area contributed by atoms with E-state index in [4.69, 9.17) is 15.7 Å². The van der Waals surface area contributed by atoms with Crippen molar-refractivity contribution < 1.29 is 14.4 Å². The van der Waals surface area contributed by atoms with E-state index in [1.165, 1.54) is 0 Å².